The van der Waals surface area contributed by atoms with Crippen molar-refractivity contribution in [2.45, 2.75) is 106 Å². The van der Waals surface area contributed by atoms with Crippen LogP contribution < -0.4 is 0 Å². The van der Waals surface area contributed by atoms with Gasteiger partial charge < -0.3 is 45.2 Å². The molecule has 0 saturated carbocycles. The minimum absolute atomic E-state index is 0.510. The summed E-state index contributed by atoms with van der Waals surface area (Å²) in [6.45, 7) is 4.58. The SMILES string of the molecule is CC(=O)C(O)[C@H]1O[CH]C[C@](O)(C(C)=O)[C@@]1(O)[C@@H]1O[C@H](C(O)C(C)=O)[C@@](O)(C(C)=O)[C@@](O)(C(C)=O)[C@]1(O)C(C)=O. The molecule has 0 amide bonds. The maximum atomic E-state index is 13.1. The van der Waals surface area contributed by atoms with Gasteiger partial charge in [-0.3, -0.25) is 28.8 Å². The second-order valence-electron chi connectivity index (χ2n) is 10.1. The maximum Gasteiger partial charge on any atom is 0.199 e. The van der Waals surface area contributed by atoms with Crippen LogP contribution in [0.15, 0.2) is 0 Å². The molecule has 0 aromatic carbocycles. The summed E-state index contributed by atoms with van der Waals surface area (Å²) in [5.41, 5.74) is -18.6. The van der Waals surface area contributed by atoms with Crippen LogP contribution in [0, 0.1) is 6.61 Å². The zero-order chi connectivity index (χ0) is 30.7. The molecule has 10 atom stereocenters. The summed E-state index contributed by atoms with van der Waals surface area (Å²) in [5, 5.41) is 79.8. The molecule has 15 heteroatoms. The van der Waals surface area contributed by atoms with Crippen molar-refractivity contribution in [3.05, 3.63) is 6.61 Å². The first-order chi connectivity index (χ1) is 17.6. The predicted octanol–water partition coefficient (Wildman–Crippen LogP) is -4.38. The molecule has 0 bridgehead atoms. The second-order valence-corrected chi connectivity index (χ2v) is 10.1. The molecule has 0 aliphatic carbocycles. The van der Waals surface area contributed by atoms with Gasteiger partial charge in [0.2, 0.25) is 0 Å². The maximum absolute atomic E-state index is 13.1. The minimum Gasteiger partial charge on any atom is -0.382 e. The molecule has 2 heterocycles. The van der Waals surface area contributed by atoms with Crippen molar-refractivity contribution in [3.63, 3.8) is 0 Å². The molecular weight excluding hydrogens is 528 g/mol. The van der Waals surface area contributed by atoms with Crippen molar-refractivity contribution >= 4 is 34.7 Å². The largest absolute Gasteiger partial charge is 0.382 e. The summed E-state index contributed by atoms with van der Waals surface area (Å²) in [4.78, 5) is 75.9. The Bertz CT molecular complexity index is 1100. The Balaban J connectivity index is 3.19. The fourth-order valence-corrected chi connectivity index (χ4v) is 5.49. The van der Waals surface area contributed by atoms with Gasteiger partial charge in [0.05, 0.1) is 6.61 Å². The quantitative estimate of drug-likeness (QED) is 0.140. The van der Waals surface area contributed by atoms with E-state index in [1.165, 1.54) is 0 Å². The van der Waals surface area contributed by atoms with Crippen LogP contribution in [-0.4, -0.2) is 129 Å². The number of rotatable bonds is 9. The summed E-state index contributed by atoms with van der Waals surface area (Å²) < 4.78 is 10.6. The third kappa shape index (κ3) is 4.07. The van der Waals surface area contributed by atoms with Crippen molar-refractivity contribution in [1.82, 2.24) is 0 Å². The molecule has 219 valence electrons. The van der Waals surface area contributed by atoms with Crippen LogP contribution >= 0.6 is 0 Å². The lowest BCUT2D eigenvalue weighted by Crippen LogP contribution is -2.92. The van der Waals surface area contributed by atoms with E-state index in [1.807, 2.05) is 0 Å². The molecule has 39 heavy (non-hydrogen) atoms. The van der Waals surface area contributed by atoms with E-state index in [0.29, 0.717) is 27.4 Å². The molecule has 2 fully saturated rings. The van der Waals surface area contributed by atoms with Gasteiger partial charge in [0.15, 0.2) is 62.7 Å². The van der Waals surface area contributed by atoms with Crippen LogP contribution in [0.25, 0.3) is 0 Å². The van der Waals surface area contributed by atoms with Crippen molar-refractivity contribution < 1.29 is 74.0 Å². The summed E-state index contributed by atoms with van der Waals surface area (Å²) >= 11 is 0. The smallest absolute Gasteiger partial charge is 0.199 e. The van der Waals surface area contributed by atoms with Gasteiger partial charge in [-0.05, 0) is 41.5 Å². The molecule has 0 aromatic heterocycles. The van der Waals surface area contributed by atoms with Crippen LogP contribution in [0.3, 0.4) is 0 Å². The van der Waals surface area contributed by atoms with Gasteiger partial charge in [-0.15, -0.1) is 0 Å². The van der Waals surface area contributed by atoms with Gasteiger partial charge in [0.1, 0.15) is 30.5 Å². The Labute approximate surface area is 222 Å². The van der Waals surface area contributed by atoms with E-state index in [2.05, 4.69) is 0 Å². The van der Waals surface area contributed by atoms with E-state index < -0.39 is 99.6 Å². The fourth-order valence-electron chi connectivity index (χ4n) is 5.49. The van der Waals surface area contributed by atoms with Crippen LogP contribution in [0.5, 0.6) is 0 Å². The Hall–Kier alpha value is -2.34. The first kappa shape index (κ1) is 32.9. The summed E-state index contributed by atoms with van der Waals surface area (Å²) in [5.74, 6) is -8.68. The Kier molecular flexibility index (Phi) is 8.64. The number of aliphatic hydroxyl groups excluding tert-OH is 2. The third-order valence-corrected chi connectivity index (χ3v) is 7.87. The number of ether oxygens (including phenoxy) is 2. The van der Waals surface area contributed by atoms with Gasteiger partial charge in [0.25, 0.3) is 0 Å². The lowest BCUT2D eigenvalue weighted by molar-refractivity contribution is -0.379. The third-order valence-electron chi connectivity index (χ3n) is 7.87. The molecule has 0 spiro atoms. The number of aliphatic hydroxyl groups is 7. The first-order valence-electron chi connectivity index (χ1n) is 11.7. The van der Waals surface area contributed by atoms with Gasteiger partial charge >= 0.3 is 0 Å². The van der Waals surface area contributed by atoms with Crippen molar-refractivity contribution in [1.29, 1.82) is 0 Å². The van der Waals surface area contributed by atoms with Crippen LogP contribution in [0.4, 0.5) is 0 Å². The lowest BCUT2D eigenvalue weighted by Gasteiger charge is -2.64. The van der Waals surface area contributed by atoms with Crippen LogP contribution in [0.2, 0.25) is 0 Å². The number of hydrogen-bond donors (Lipinski definition) is 7. The lowest BCUT2D eigenvalue weighted by atomic mass is 9.53. The van der Waals surface area contributed by atoms with E-state index in [9.17, 15) is 64.5 Å². The molecular formula is C24H33O15. The fraction of sp³-hybridized carbons (Fsp3) is 0.708. The summed E-state index contributed by atoms with van der Waals surface area (Å²) in [6, 6.07) is 0. The normalized spacial score (nSPS) is 42.2. The Morgan fingerprint density at radius 1 is 0.692 bits per heavy atom. The molecule has 2 saturated heterocycles. The highest BCUT2D eigenvalue weighted by molar-refractivity contribution is 6.06. The summed E-state index contributed by atoms with van der Waals surface area (Å²) in [7, 11) is 0. The first-order valence-corrected chi connectivity index (χ1v) is 11.7. The van der Waals surface area contributed by atoms with E-state index in [1.54, 1.807) is 0 Å². The highest BCUT2D eigenvalue weighted by atomic mass is 16.6. The molecule has 2 aliphatic rings. The number of ketones is 6. The highest BCUT2D eigenvalue weighted by Gasteiger charge is 2.84. The van der Waals surface area contributed by atoms with Crippen molar-refractivity contribution in [2.24, 2.45) is 0 Å². The van der Waals surface area contributed by atoms with Crippen LogP contribution in [0.1, 0.15) is 48.0 Å². The molecule has 0 aromatic rings. The average Bonchev–Trinajstić information content (AvgIpc) is 2.82. The number of carbonyl (C=O) groups excluding carboxylic acids is 6. The highest BCUT2D eigenvalue weighted by Crippen LogP contribution is 2.54. The molecule has 1 radical (unpaired) electrons. The zero-order valence-electron chi connectivity index (χ0n) is 22.1. The summed E-state index contributed by atoms with van der Waals surface area (Å²) in [6.07, 6.45) is -14.2. The van der Waals surface area contributed by atoms with Gasteiger partial charge in [-0.2, -0.15) is 0 Å². The predicted molar refractivity (Wildman–Crippen MR) is 123 cm³/mol. The van der Waals surface area contributed by atoms with E-state index in [0.717, 1.165) is 20.8 Å². The average molecular weight is 562 g/mol. The van der Waals surface area contributed by atoms with E-state index >= 15 is 0 Å². The standard InChI is InChI=1S/C24H33O15/c1-9(25)15(31)17-23(36,20(33,11(3)27)7-8-38-17)19-22(35,13(5)29)24(37,14(6)30)21(34,12(4)28)18(39-19)16(32)10(2)26/h8,15-19,31-37H,7H2,1-6H3/t15?,16?,17-,18-,19-,20+,21+,22+,23+,24+/m1/s1. The second kappa shape index (κ2) is 10.2. The topological polar surface area (TPSA) is 262 Å². The van der Waals surface area contributed by atoms with Gasteiger partial charge in [0, 0.05) is 6.42 Å². The van der Waals surface area contributed by atoms with Crippen LogP contribution in [-0.2, 0) is 38.2 Å². The molecule has 7 N–H and O–H groups in total. The van der Waals surface area contributed by atoms with E-state index in [4.69, 9.17) is 9.47 Å². The minimum atomic E-state index is -4.04. The van der Waals surface area contributed by atoms with Gasteiger partial charge in [-0.25, -0.2) is 0 Å². The Morgan fingerprint density at radius 2 is 1.13 bits per heavy atom. The molecule has 2 unspecified atom stereocenters. The zero-order valence-corrected chi connectivity index (χ0v) is 22.1. The van der Waals surface area contributed by atoms with E-state index in [-0.39, 0.29) is 0 Å². The van der Waals surface area contributed by atoms with Crippen molar-refractivity contribution in [3.8, 4) is 0 Å². The molecule has 2 aliphatic heterocycles. The van der Waals surface area contributed by atoms with Crippen molar-refractivity contribution in [2.75, 3.05) is 0 Å². The monoisotopic (exact) mass is 561 g/mol. The van der Waals surface area contributed by atoms with Gasteiger partial charge in [-0.1, -0.05) is 0 Å². The Morgan fingerprint density at radius 3 is 1.49 bits per heavy atom. The number of Topliss-reactive ketones (excluding diaryl/α,β-unsaturated/α-hetero) is 6. The number of hydrogen-bond acceptors (Lipinski definition) is 15. The molecule has 2 rings (SSSR count). The number of carbonyl (C=O) groups is 6. The molecule has 15 nitrogen and oxygen atoms in total.